The summed E-state index contributed by atoms with van der Waals surface area (Å²) in [6, 6.07) is 12.5. The second-order valence-electron chi connectivity index (χ2n) is 6.14. The maximum Gasteiger partial charge on any atom is 0.261 e. The van der Waals surface area contributed by atoms with E-state index in [1.165, 1.54) is 11.5 Å². The first-order valence-electron chi connectivity index (χ1n) is 8.45. The number of nitrogens with two attached hydrogens (primary N) is 1. The van der Waals surface area contributed by atoms with Gasteiger partial charge >= 0.3 is 0 Å². The zero-order valence-electron chi connectivity index (χ0n) is 15.3. The van der Waals surface area contributed by atoms with Crippen molar-refractivity contribution in [1.82, 2.24) is 9.69 Å². The zero-order chi connectivity index (χ0) is 21.0. The predicted molar refractivity (Wildman–Crippen MR) is 125 cm³/mol. The number of guanidine groups is 1. The first kappa shape index (κ1) is 21.4. The van der Waals surface area contributed by atoms with E-state index >= 15 is 0 Å². The lowest BCUT2D eigenvalue weighted by molar-refractivity contribution is 0.0976. The molecule has 0 saturated heterocycles. The third-order valence-electron chi connectivity index (χ3n) is 4.01. The minimum absolute atomic E-state index is 0.0119. The average molecular weight is 539 g/mol. The van der Waals surface area contributed by atoms with Crippen molar-refractivity contribution in [2.24, 2.45) is 10.7 Å². The van der Waals surface area contributed by atoms with Crippen LogP contribution < -0.4 is 11.1 Å². The Kier molecular flexibility index (Phi) is 6.99. The summed E-state index contributed by atoms with van der Waals surface area (Å²) in [6.45, 7) is 2.11. The van der Waals surface area contributed by atoms with Gasteiger partial charge < -0.3 is 5.73 Å². The van der Waals surface area contributed by atoms with Crippen LogP contribution in [0.4, 0.5) is 0 Å². The van der Waals surface area contributed by atoms with Crippen LogP contribution in [0.15, 0.2) is 47.5 Å². The van der Waals surface area contributed by atoms with E-state index in [1.54, 1.807) is 30.3 Å². The number of amides is 1. The van der Waals surface area contributed by atoms with Gasteiger partial charge in [-0.05, 0) is 64.8 Å². The Morgan fingerprint density at radius 1 is 1.31 bits per heavy atom. The number of aldehydes is 1. The number of benzene rings is 2. The van der Waals surface area contributed by atoms with Crippen LogP contribution in [-0.2, 0) is 6.54 Å². The second-order valence-corrected chi connectivity index (χ2v) is 8.80. The lowest BCUT2D eigenvalue weighted by atomic mass is 10.0. The van der Waals surface area contributed by atoms with Gasteiger partial charge in [0.2, 0.25) is 0 Å². The number of rotatable bonds is 5. The van der Waals surface area contributed by atoms with Gasteiger partial charge in [0.05, 0.1) is 17.8 Å². The van der Waals surface area contributed by atoms with Crippen molar-refractivity contribution in [3.63, 3.8) is 0 Å². The molecule has 3 N–H and O–H groups in total. The molecule has 0 atom stereocenters. The van der Waals surface area contributed by atoms with Gasteiger partial charge in [0, 0.05) is 24.6 Å². The Labute approximate surface area is 190 Å². The molecule has 148 valence electrons. The highest BCUT2D eigenvalue weighted by Gasteiger charge is 2.20. The number of nitrogens with one attached hydrogen (secondary N) is 1. The highest BCUT2D eigenvalue weighted by molar-refractivity contribution is 14.1. The number of nitrogens with zero attached hydrogens (tertiary/aromatic N) is 2. The van der Waals surface area contributed by atoms with Gasteiger partial charge in [-0.2, -0.15) is 4.37 Å². The van der Waals surface area contributed by atoms with E-state index in [4.69, 9.17) is 17.3 Å². The minimum Gasteiger partial charge on any atom is -0.370 e. The van der Waals surface area contributed by atoms with E-state index in [2.05, 4.69) is 37.3 Å². The number of hydrogen-bond donors (Lipinski definition) is 2. The van der Waals surface area contributed by atoms with Crippen molar-refractivity contribution in [2.45, 2.75) is 13.5 Å². The number of aryl methyl sites for hydroxylation is 1. The lowest BCUT2D eigenvalue weighted by Gasteiger charge is -2.07. The second kappa shape index (κ2) is 9.47. The van der Waals surface area contributed by atoms with Gasteiger partial charge in [0.1, 0.15) is 6.29 Å². The molecule has 1 heterocycles. The Balaban J connectivity index is 1.78. The first-order chi connectivity index (χ1) is 13.9. The van der Waals surface area contributed by atoms with Crippen molar-refractivity contribution < 1.29 is 9.59 Å². The quantitative estimate of drug-likeness (QED) is 0.217. The molecule has 6 nitrogen and oxygen atoms in total. The largest absolute Gasteiger partial charge is 0.370 e. The third-order valence-corrected chi connectivity index (χ3v) is 5.60. The molecule has 9 heteroatoms. The van der Waals surface area contributed by atoms with Crippen molar-refractivity contribution >= 4 is 63.9 Å². The van der Waals surface area contributed by atoms with E-state index < -0.39 is 0 Å². The number of aliphatic imine (C=N–C) groups is 1. The molecule has 1 amide bonds. The minimum atomic E-state index is -0.382. The summed E-state index contributed by atoms with van der Waals surface area (Å²) in [5.74, 6) is -0.370. The molecule has 0 aliphatic heterocycles. The van der Waals surface area contributed by atoms with Gasteiger partial charge in [0.25, 0.3) is 5.91 Å². The summed E-state index contributed by atoms with van der Waals surface area (Å²) in [5.41, 5.74) is 9.08. The van der Waals surface area contributed by atoms with Crippen LogP contribution in [0.1, 0.15) is 31.2 Å². The normalized spacial score (nSPS) is 11.3. The van der Waals surface area contributed by atoms with E-state index in [0.29, 0.717) is 28.4 Å². The predicted octanol–water partition coefficient (Wildman–Crippen LogP) is 4.43. The number of carbonyl (C=O) groups excluding carboxylic acids is 2. The smallest absolute Gasteiger partial charge is 0.261 e. The molecule has 3 aromatic rings. The molecule has 0 spiro atoms. The molecule has 0 bridgehead atoms. The van der Waals surface area contributed by atoms with Gasteiger partial charge in [0.15, 0.2) is 5.96 Å². The van der Waals surface area contributed by atoms with Crippen molar-refractivity contribution in [3.05, 3.63) is 72.6 Å². The molecule has 0 aliphatic carbocycles. The maximum absolute atomic E-state index is 12.8. The van der Waals surface area contributed by atoms with Crippen molar-refractivity contribution in [2.75, 3.05) is 0 Å². The Bertz CT molecular complexity index is 1080. The third kappa shape index (κ3) is 5.40. The van der Waals surface area contributed by atoms with Crippen LogP contribution in [-0.4, -0.2) is 22.5 Å². The molecule has 29 heavy (non-hydrogen) atoms. The standard InChI is InChI=1S/C20H16ClIN4O2S/c1-11-17(18(26-29-11)14-4-2-12(10-27)3-5-14)19(28)25-20(23)24-9-13-6-15(21)8-16(22)7-13/h2-8,10H,9H2,1H3,(H3,23,24,25,28). The molecular formula is C20H16ClIN4O2S. The summed E-state index contributed by atoms with van der Waals surface area (Å²) >= 11 is 9.45. The highest BCUT2D eigenvalue weighted by atomic mass is 127. The Morgan fingerprint density at radius 2 is 2.03 bits per heavy atom. The van der Waals surface area contributed by atoms with E-state index in [1.807, 2.05) is 19.1 Å². The van der Waals surface area contributed by atoms with Crippen molar-refractivity contribution in [1.29, 1.82) is 0 Å². The molecule has 3 rings (SSSR count). The van der Waals surface area contributed by atoms with Crippen LogP contribution in [0.2, 0.25) is 5.02 Å². The van der Waals surface area contributed by atoms with Crippen LogP contribution in [0.25, 0.3) is 11.3 Å². The molecule has 0 unspecified atom stereocenters. The Hall–Kier alpha value is -2.30. The number of aromatic nitrogens is 1. The molecule has 1 aromatic heterocycles. The molecule has 0 radical (unpaired) electrons. The van der Waals surface area contributed by atoms with Crippen LogP contribution in [0.3, 0.4) is 0 Å². The first-order valence-corrected chi connectivity index (χ1v) is 10.7. The van der Waals surface area contributed by atoms with Gasteiger partial charge in [-0.25, -0.2) is 4.99 Å². The molecule has 2 aromatic carbocycles. The average Bonchev–Trinajstić information content (AvgIpc) is 3.07. The SMILES string of the molecule is Cc1snc(-c2ccc(C=O)cc2)c1C(=O)NC(N)=NCc1cc(Cl)cc(I)c1. The maximum atomic E-state index is 12.8. The van der Waals surface area contributed by atoms with E-state index in [0.717, 1.165) is 25.9 Å². The lowest BCUT2D eigenvalue weighted by Crippen LogP contribution is -2.37. The van der Waals surface area contributed by atoms with Crippen LogP contribution >= 0.6 is 45.7 Å². The van der Waals surface area contributed by atoms with Crippen molar-refractivity contribution in [3.8, 4) is 11.3 Å². The van der Waals surface area contributed by atoms with E-state index in [-0.39, 0.29) is 11.9 Å². The summed E-state index contributed by atoms with van der Waals surface area (Å²) < 4.78 is 5.37. The highest BCUT2D eigenvalue weighted by Crippen LogP contribution is 2.28. The van der Waals surface area contributed by atoms with Gasteiger partial charge in [-0.15, -0.1) is 0 Å². The number of halogens is 2. The van der Waals surface area contributed by atoms with Gasteiger partial charge in [-0.3, -0.25) is 14.9 Å². The molecule has 0 aliphatic rings. The summed E-state index contributed by atoms with van der Waals surface area (Å²) in [6.07, 6.45) is 0.766. The Morgan fingerprint density at radius 3 is 2.69 bits per heavy atom. The fourth-order valence-corrected chi connectivity index (χ4v) is 4.54. The number of carbonyl (C=O) groups is 2. The number of hydrogen-bond acceptors (Lipinski definition) is 5. The molecular weight excluding hydrogens is 523 g/mol. The van der Waals surface area contributed by atoms with E-state index in [9.17, 15) is 9.59 Å². The molecule has 0 saturated carbocycles. The van der Waals surface area contributed by atoms with Gasteiger partial charge in [-0.1, -0.05) is 35.9 Å². The van der Waals surface area contributed by atoms with Crippen LogP contribution in [0.5, 0.6) is 0 Å². The fourth-order valence-electron chi connectivity index (χ4n) is 2.65. The van der Waals surface area contributed by atoms with Crippen LogP contribution in [0, 0.1) is 10.5 Å². The summed E-state index contributed by atoms with van der Waals surface area (Å²) in [4.78, 5) is 28.6. The summed E-state index contributed by atoms with van der Waals surface area (Å²) in [7, 11) is 0. The fraction of sp³-hybridized carbons (Fsp3) is 0.100. The molecule has 0 fully saturated rings. The zero-order valence-corrected chi connectivity index (χ0v) is 19.0. The monoisotopic (exact) mass is 538 g/mol. The summed E-state index contributed by atoms with van der Waals surface area (Å²) in [5, 5.41) is 3.24. The topological polar surface area (TPSA) is 97.4 Å².